The molecule has 2 aromatic rings. The molecule has 1 amide bonds. The van der Waals surface area contributed by atoms with Crippen LogP contribution in [0.25, 0.3) is 0 Å². The highest BCUT2D eigenvalue weighted by Crippen LogP contribution is 2.20. The van der Waals surface area contributed by atoms with Crippen LogP contribution in [0, 0.1) is 0 Å². The molecule has 0 radical (unpaired) electrons. The lowest BCUT2D eigenvalue weighted by Gasteiger charge is -2.14. The number of hydrogen-bond acceptors (Lipinski definition) is 4. The lowest BCUT2D eigenvalue weighted by Crippen LogP contribution is -2.34. The first-order chi connectivity index (χ1) is 10.2. The van der Waals surface area contributed by atoms with E-state index in [4.69, 9.17) is 0 Å². The molecule has 3 rings (SSSR count). The zero-order valence-electron chi connectivity index (χ0n) is 11.6. The molecule has 0 spiro atoms. The molecule has 0 unspecified atom stereocenters. The summed E-state index contributed by atoms with van der Waals surface area (Å²) < 4.78 is 1.56. The van der Waals surface area contributed by atoms with Crippen LogP contribution in [0.4, 0.5) is 0 Å². The van der Waals surface area contributed by atoms with Gasteiger partial charge in [-0.15, -0.1) is 0 Å². The van der Waals surface area contributed by atoms with Crippen LogP contribution in [0.3, 0.4) is 0 Å². The Bertz CT molecular complexity index is 727. The lowest BCUT2D eigenvalue weighted by molar-refractivity contribution is 0.0937. The fourth-order valence-corrected chi connectivity index (χ4v) is 3.19. The van der Waals surface area contributed by atoms with Crippen molar-refractivity contribution in [2.24, 2.45) is 0 Å². The van der Waals surface area contributed by atoms with Gasteiger partial charge in [0.2, 0.25) is 0 Å². The Morgan fingerprint density at radius 1 is 1.38 bits per heavy atom. The summed E-state index contributed by atoms with van der Waals surface area (Å²) >= 11 is 1.53. The third kappa shape index (κ3) is 2.71. The summed E-state index contributed by atoms with van der Waals surface area (Å²) in [5.41, 5.74) is 0.836. The number of carbonyl (C=O) groups is 1. The maximum absolute atomic E-state index is 12.3. The Labute approximate surface area is 126 Å². The van der Waals surface area contributed by atoms with E-state index in [0.717, 1.165) is 11.3 Å². The van der Waals surface area contributed by atoms with Crippen molar-refractivity contribution in [1.29, 1.82) is 0 Å². The van der Waals surface area contributed by atoms with E-state index in [2.05, 4.69) is 10.3 Å². The summed E-state index contributed by atoms with van der Waals surface area (Å²) in [7, 11) is 0. The second kappa shape index (κ2) is 5.73. The molecule has 0 bridgehead atoms. The summed E-state index contributed by atoms with van der Waals surface area (Å²) in [6.45, 7) is 2.50. The molecule has 108 valence electrons. The Balaban J connectivity index is 1.82. The van der Waals surface area contributed by atoms with Gasteiger partial charge in [-0.1, -0.05) is 42.1 Å². The van der Waals surface area contributed by atoms with Crippen LogP contribution in [0.2, 0.25) is 0 Å². The van der Waals surface area contributed by atoms with Crippen molar-refractivity contribution in [2.45, 2.75) is 24.7 Å². The molecule has 0 fully saturated rings. The van der Waals surface area contributed by atoms with Crippen LogP contribution >= 0.6 is 11.8 Å². The van der Waals surface area contributed by atoms with Gasteiger partial charge in [0.05, 0.1) is 6.04 Å². The second-order valence-electron chi connectivity index (χ2n) is 4.87. The minimum atomic E-state index is -0.379. The standard InChI is InChI=1S/C15H15N3O2S/c1-10(11-5-3-2-4-6-11)17-13(19)12-9-16-15-18(14(12)20)7-8-21-15/h2-6,9-10H,7-8H2,1H3,(H,17,19)/t10-/m1/s1. The van der Waals surface area contributed by atoms with Crippen LogP contribution < -0.4 is 10.9 Å². The minimum Gasteiger partial charge on any atom is -0.345 e. The van der Waals surface area contributed by atoms with E-state index in [1.165, 1.54) is 18.0 Å². The molecule has 0 aliphatic carbocycles. The molecule has 0 saturated carbocycles. The number of nitrogens with zero attached hydrogens (tertiary/aromatic N) is 2. The molecule has 1 atom stereocenters. The molecule has 6 heteroatoms. The molecule has 1 aromatic carbocycles. The van der Waals surface area contributed by atoms with Crippen LogP contribution in [-0.2, 0) is 6.54 Å². The monoisotopic (exact) mass is 301 g/mol. The third-order valence-corrected chi connectivity index (χ3v) is 4.42. The van der Waals surface area contributed by atoms with E-state index in [1.54, 1.807) is 4.57 Å². The van der Waals surface area contributed by atoms with Crippen LogP contribution in [0.15, 0.2) is 46.5 Å². The molecule has 0 saturated heterocycles. The van der Waals surface area contributed by atoms with Crippen LogP contribution in [-0.4, -0.2) is 21.2 Å². The fraction of sp³-hybridized carbons (Fsp3) is 0.267. The smallest absolute Gasteiger partial charge is 0.267 e. The highest BCUT2D eigenvalue weighted by molar-refractivity contribution is 7.99. The van der Waals surface area contributed by atoms with E-state index in [1.807, 2.05) is 37.3 Å². The summed E-state index contributed by atoms with van der Waals surface area (Å²) in [5.74, 6) is 0.448. The first kappa shape index (κ1) is 13.9. The molecule has 5 nitrogen and oxygen atoms in total. The van der Waals surface area contributed by atoms with Crippen LogP contribution in [0.5, 0.6) is 0 Å². The average Bonchev–Trinajstić information content (AvgIpc) is 2.98. The van der Waals surface area contributed by atoms with Gasteiger partial charge < -0.3 is 5.32 Å². The van der Waals surface area contributed by atoms with Gasteiger partial charge in [-0.25, -0.2) is 4.98 Å². The van der Waals surface area contributed by atoms with E-state index in [9.17, 15) is 9.59 Å². The number of rotatable bonds is 3. The number of benzene rings is 1. The van der Waals surface area contributed by atoms with Crippen molar-refractivity contribution in [2.75, 3.05) is 5.75 Å². The number of thioether (sulfide) groups is 1. The van der Waals surface area contributed by atoms with Gasteiger partial charge in [-0.2, -0.15) is 0 Å². The summed E-state index contributed by atoms with van der Waals surface area (Å²) in [5, 5.41) is 3.53. The Morgan fingerprint density at radius 2 is 2.14 bits per heavy atom. The maximum Gasteiger partial charge on any atom is 0.267 e. The number of aromatic nitrogens is 2. The molecule has 2 heterocycles. The predicted molar refractivity (Wildman–Crippen MR) is 81.5 cm³/mol. The van der Waals surface area contributed by atoms with Gasteiger partial charge in [0.25, 0.3) is 11.5 Å². The highest BCUT2D eigenvalue weighted by atomic mass is 32.2. The Morgan fingerprint density at radius 3 is 2.90 bits per heavy atom. The number of nitrogens with one attached hydrogen (secondary N) is 1. The van der Waals surface area contributed by atoms with E-state index in [0.29, 0.717) is 11.7 Å². The van der Waals surface area contributed by atoms with Crippen molar-refractivity contribution < 1.29 is 4.79 Å². The molecule has 1 N–H and O–H groups in total. The molecule has 1 aromatic heterocycles. The topological polar surface area (TPSA) is 64.0 Å². The van der Waals surface area contributed by atoms with Crippen LogP contribution in [0.1, 0.15) is 28.9 Å². The highest BCUT2D eigenvalue weighted by Gasteiger charge is 2.21. The zero-order chi connectivity index (χ0) is 14.8. The lowest BCUT2D eigenvalue weighted by atomic mass is 10.1. The Hall–Kier alpha value is -2.08. The van der Waals surface area contributed by atoms with E-state index < -0.39 is 0 Å². The van der Waals surface area contributed by atoms with Crippen molar-refractivity contribution in [3.63, 3.8) is 0 Å². The Kier molecular flexibility index (Phi) is 3.79. The quantitative estimate of drug-likeness (QED) is 0.879. The third-order valence-electron chi connectivity index (χ3n) is 3.45. The summed E-state index contributed by atoms with van der Waals surface area (Å²) in [6.07, 6.45) is 1.37. The van der Waals surface area contributed by atoms with E-state index >= 15 is 0 Å². The van der Waals surface area contributed by atoms with Gasteiger partial charge in [-0.05, 0) is 12.5 Å². The first-order valence-electron chi connectivity index (χ1n) is 6.75. The van der Waals surface area contributed by atoms with Gasteiger partial charge in [0.1, 0.15) is 5.56 Å². The fourth-order valence-electron chi connectivity index (χ4n) is 2.27. The molecular formula is C15H15N3O2S. The summed E-state index contributed by atoms with van der Waals surface area (Å²) in [4.78, 5) is 28.7. The second-order valence-corrected chi connectivity index (χ2v) is 5.93. The van der Waals surface area contributed by atoms with Crippen molar-refractivity contribution in [1.82, 2.24) is 14.9 Å². The SMILES string of the molecule is C[C@@H](NC(=O)c1cnc2n(c1=O)CCS2)c1ccccc1. The zero-order valence-corrected chi connectivity index (χ0v) is 12.4. The number of carbonyl (C=O) groups excluding carboxylic acids is 1. The van der Waals surface area contributed by atoms with Gasteiger partial charge in [0.15, 0.2) is 5.16 Å². The predicted octanol–water partition coefficient (Wildman–Crippen LogP) is 1.84. The van der Waals surface area contributed by atoms with Crippen molar-refractivity contribution in [3.05, 3.63) is 58.0 Å². The van der Waals surface area contributed by atoms with E-state index in [-0.39, 0.29) is 23.1 Å². The van der Waals surface area contributed by atoms with Gasteiger partial charge >= 0.3 is 0 Å². The molecule has 1 aliphatic heterocycles. The normalized spacial score (nSPS) is 14.5. The minimum absolute atomic E-state index is 0.101. The maximum atomic E-state index is 12.3. The molecular weight excluding hydrogens is 286 g/mol. The average molecular weight is 301 g/mol. The number of fused-ring (bicyclic) bond motifs is 1. The number of amides is 1. The largest absolute Gasteiger partial charge is 0.345 e. The van der Waals surface area contributed by atoms with Gasteiger partial charge in [-0.3, -0.25) is 14.2 Å². The van der Waals surface area contributed by atoms with Crippen molar-refractivity contribution in [3.8, 4) is 0 Å². The molecule has 21 heavy (non-hydrogen) atoms. The van der Waals surface area contributed by atoms with Crippen molar-refractivity contribution >= 4 is 17.7 Å². The molecule has 1 aliphatic rings. The summed E-state index contributed by atoms with van der Waals surface area (Å²) in [6, 6.07) is 9.48. The first-order valence-corrected chi connectivity index (χ1v) is 7.74. The number of hydrogen-bond donors (Lipinski definition) is 1. The van der Waals surface area contributed by atoms with Gasteiger partial charge in [0, 0.05) is 18.5 Å².